The minimum atomic E-state index is -4.96. The van der Waals surface area contributed by atoms with Crippen molar-refractivity contribution in [1.82, 2.24) is 0 Å². The van der Waals surface area contributed by atoms with Crippen LogP contribution >= 0.6 is 23.8 Å². The van der Waals surface area contributed by atoms with E-state index in [4.69, 9.17) is 28.6 Å². The van der Waals surface area contributed by atoms with Gasteiger partial charge in [-0.15, -0.1) is 0 Å². The Morgan fingerprint density at radius 3 is 1.96 bits per heavy atom. The molecule has 0 atom stereocenters. The van der Waals surface area contributed by atoms with Crippen LogP contribution in [0.4, 0.5) is 37.7 Å². The number of rotatable bonds is 3. The first kappa shape index (κ1) is 21.1. The van der Waals surface area contributed by atoms with E-state index in [2.05, 4.69) is 10.6 Å². The number of thiocarbonyl (C=S) groups is 1. The maximum Gasteiger partial charge on any atom is 0.416 e. The number of hydrogen-bond acceptors (Lipinski definition) is 2. The van der Waals surface area contributed by atoms with Crippen molar-refractivity contribution in [2.24, 2.45) is 0 Å². The van der Waals surface area contributed by atoms with Crippen molar-refractivity contribution in [1.29, 1.82) is 0 Å². The first-order valence-corrected chi connectivity index (χ1v) is 7.90. The van der Waals surface area contributed by atoms with Crippen molar-refractivity contribution in [3.05, 3.63) is 52.5 Å². The second-order valence-corrected chi connectivity index (χ2v) is 6.06. The third-order valence-electron chi connectivity index (χ3n) is 3.26. The average Bonchev–Trinajstić information content (AvgIpc) is 2.53. The van der Waals surface area contributed by atoms with Crippen LogP contribution in [0.25, 0.3) is 0 Å². The highest BCUT2D eigenvalue weighted by molar-refractivity contribution is 7.80. The molecule has 2 aromatic rings. The molecule has 0 aromatic heterocycles. The zero-order valence-corrected chi connectivity index (χ0v) is 15.0. The number of halogens is 7. The highest BCUT2D eigenvalue weighted by Crippen LogP contribution is 2.37. The molecular formula is C16H11ClF6N2OS. The van der Waals surface area contributed by atoms with Gasteiger partial charge in [0.05, 0.1) is 23.9 Å². The van der Waals surface area contributed by atoms with Gasteiger partial charge in [0.2, 0.25) is 0 Å². The van der Waals surface area contributed by atoms with Crippen molar-refractivity contribution < 1.29 is 31.1 Å². The molecule has 3 nitrogen and oxygen atoms in total. The SMILES string of the molecule is COc1ccc(Cl)cc1NC(=S)Nc1cc(C(F)(F)F)cc(C(F)(F)F)c1. The Bertz CT molecular complexity index is 822. The van der Waals surface area contributed by atoms with Crippen LogP contribution in [0.2, 0.25) is 5.02 Å². The van der Waals surface area contributed by atoms with Gasteiger partial charge in [0.15, 0.2) is 5.11 Å². The summed E-state index contributed by atoms with van der Waals surface area (Å²) in [5.41, 5.74) is -3.10. The molecular weight excluding hydrogens is 418 g/mol. The van der Waals surface area contributed by atoms with Gasteiger partial charge in [0, 0.05) is 10.7 Å². The number of alkyl halides is 6. The Morgan fingerprint density at radius 2 is 1.48 bits per heavy atom. The van der Waals surface area contributed by atoms with Gasteiger partial charge in [-0.05, 0) is 48.6 Å². The minimum absolute atomic E-state index is 0.0294. The molecule has 0 unspecified atom stereocenters. The van der Waals surface area contributed by atoms with E-state index in [0.29, 0.717) is 22.9 Å². The molecule has 0 amide bonds. The van der Waals surface area contributed by atoms with Crippen LogP contribution in [0, 0.1) is 0 Å². The Labute approximate surface area is 160 Å². The first-order valence-electron chi connectivity index (χ1n) is 7.11. The van der Waals surface area contributed by atoms with Gasteiger partial charge in [-0.3, -0.25) is 0 Å². The summed E-state index contributed by atoms with van der Waals surface area (Å²) in [7, 11) is 1.37. The van der Waals surface area contributed by atoms with Crippen molar-refractivity contribution in [3.63, 3.8) is 0 Å². The molecule has 0 radical (unpaired) electrons. The summed E-state index contributed by atoms with van der Waals surface area (Å²) in [5.74, 6) is 0.323. The van der Waals surface area contributed by atoms with Crippen LogP contribution in [-0.4, -0.2) is 12.2 Å². The fourth-order valence-corrected chi connectivity index (χ4v) is 2.49. The number of hydrogen-bond donors (Lipinski definition) is 2. The second-order valence-electron chi connectivity index (χ2n) is 5.22. The molecule has 11 heteroatoms. The van der Waals surface area contributed by atoms with Crippen LogP contribution in [0.3, 0.4) is 0 Å². The van der Waals surface area contributed by atoms with Crippen molar-refractivity contribution in [2.45, 2.75) is 12.4 Å². The van der Waals surface area contributed by atoms with E-state index in [1.807, 2.05) is 0 Å². The molecule has 2 aromatic carbocycles. The fraction of sp³-hybridized carbons (Fsp3) is 0.188. The fourth-order valence-electron chi connectivity index (χ4n) is 2.09. The van der Waals surface area contributed by atoms with Gasteiger partial charge < -0.3 is 15.4 Å². The van der Waals surface area contributed by atoms with E-state index in [0.717, 1.165) is 0 Å². The summed E-state index contributed by atoms with van der Waals surface area (Å²) in [5, 5.41) is 5.00. The third kappa shape index (κ3) is 5.64. The molecule has 0 saturated heterocycles. The summed E-state index contributed by atoms with van der Waals surface area (Å²) >= 11 is 10.8. The molecule has 0 heterocycles. The summed E-state index contributed by atoms with van der Waals surface area (Å²) in [6, 6.07) is 5.56. The Hall–Kier alpha value is -2.20. The number of anilines is 2. The molecule has 27 heavy (non-hydrogen) atoms. The summed E-state index contributed by atoms with van der Waals surface area (Å²) in [6.45, 7) is 0. The van der Waals surface area contributed by atoms with Gasteiger partial charge in [-0.2, -0.15) is 26.3 Å². The molecule has 0 spiro atoms. The monoisotopic (exact) mass is 428 g/mol. The van der Waals surface area contributed by atoms with Gasteiger partial charge >= 0.3 is 12.4 Å². The summed E-state index contributed by atoms with van der Waals surface area (Å²) in [4.78, 5) is 0. The number of methoxy groups -OCH3 is 1. The van der Waals surface area contributed by atoms with Crippen molar-refractivity contribution in [3.8, 4) is 5.75 Å². The highest BCUT2D eigenvalue weighted by atomic mass is 35.5. The molecule has 0 bridgehead atoms. The molecule has 2 N–H and O–H groups in total. The maximum atomic E-state index is 12.9. The first-order chi connectivity index (χ1) is 12.4. The molecule has 2 rings (SSSR count). The van der Waals surface area contributed by atoms with E-state index in [9.17, 15) is 26.3 Å². The van der Waals surface area contributed by atoms with Gasteiger partial charge in [-0.25, -0.2) is 0 Å². The second kappa shape index (κ2) is 7.81. The van der Waals surface area contributed by atoms with E-state index >= 15 is 0 Å². The van der Waals surface area contributed by atoms with Gasteiger partial charge in [-0.1, -0.05) is 11.6 Å². The zero-order chi connectivity index (χ0) is 20.4. The van der Waals surface area contributed by atoms with E-state index in [-0.39, 0.29) is 16.9 Å². The van der Waals surface area contributed by atoms with Crippen LogP contribution in [0.15, 0.2) is 36.4 Å². The van der Waals surface area contributed by atoms with Crippen LogP contribution in [0.1, 0.15) is 11.1 Å². The third-order valence-corrected chi connectivity index (χ3v) is 3.69. The molecule has 0 saturated carbocycles. The van der Waals surface area contributed by atoms with Crippen LogP contribution < -0.4 is 15.4 Å². The lowest BCUT2D eigenvalue weighted by Gasteiger charge is -2.17. The Morgan fingerprint density at radius 1 is 0.926 bits per heavy atom. The van der Waals surface area contributed by atoms with Crippen molar-refractivity contribution >= 4 is 40.3 Å². The molecule has 0 aliphatic carbocycles. The normalized spacial score (nSPS) is 11.9. The van der Waals surface area contributed by atoms with E-state index < -0.39 is 29.2 Å². The summed E-state index contributed by atoms with van der Waals surface area (Å²) < 4.78 is 82.4. The largest absolute Gasteiger partial charge is 0.495 e. The number of ether oxygens (including phenoxy) is 1. The molecule has 146 valence electrons. The predicted molar refractivity (Wildman–Crippen MR) is 94.3 cm³/mol. The lowest BCUT2D eigenvalue weighted by Crippen LogP contribution is -2.21. The molecule has 0 fully saturated rings. The van der Waals surface area contributed by atoms with Gasteiger partial charge in [0.25, 0.3) is 0 Å². The Kier molecular flexibility index (Phi) is 6.10. The predicted octanol–water partition coefficient (Wildman–Crippen LogP) is 6.20. The number of nitrogens with one attached hydrogen (secondary N) is 2. The molecule has 0 aliphatic heterocycles. The zero-order valence-electron chi connectivity index (χ0n) is 13.4. The molecule has 0 aliphatic rings. The smallest absolute Gasteiger partial charge is 0.416 e. The minimum Gasteiger partial charge on any atom is -0.495 e. The van der Waals surface area contributed by atoms with Gasteiger partial charge in [0.1, 0.15) is 5.75 Å². The van der Waals surface area contributed by atoms with Crippen LogP contribution in [0.5, 0.6) is 5.75 Å². The quantitative estimate of drug-likeness (QED) is 0.451. The standard InChI is InChI=1S/C16H11ClF6N2OS/c1-26-13-3-2-10(17)7-12(13)25-14(27)24-11-5-8(15(18,19)20)4-9(6-11)16(21,22)23/h2-7H,1H3,(H2,24,25,27). The van der Waals surface area contributed by atoms with Crippen LogP contribution in [-0.2, 0) is 12.4 Å². The average molecular weight is 429 g/mol. The summed E-state index contributed by atoms with van der Waals surface area (Å²) in [6.07, 6.45) is -9.91. The highest BCUT2D eigenvalue weighted by Gasteiger charge is 2.37. The van der Waals surface area contributed by atoms with Crippen molar-refractivity contribution in [2.75, 3.05) is 17.7 Å². The number of benzene rings is 2. The lowest BCUT2D eigenvalue weighted by molar-refractivity contribution is -0.143. The Balaban J connectivity index is 2.31. The topological polar surface area (TPSA) is 33.3 Å². The van der Waals surface area contributed by atoms with E-state index in [1.165, 1.54) is 25.3 Å². The maximum absolute atomic E-state index is 12.9. The van der Waals surface area contributed by atoms with E-state index in [1.54, 1.807) is 0 Å². The lowest BCUT2D eigenvalue weighted by atomic mass is 10.1.